The Bertz CT molecular complexity index is 1140. The molecule has 178 valence electrons. The molecule has 3 aromatic rings. The van der Waals surface area contributed by atoms with Gasteiger partial charge in [-0.1, -0.05) is 36.4 Å². The lowest BCUT2D eigenvalue weighted by atomic mass is 9.96. The fourth-order valence-electron chi connectivity index (χ4n) is 3.25. The van der Waals surface area contributed by atoms with Crippen LogP contribution in [0.1, 0.15) is 22.6 Å². The maximum Gasteiger partial charge on any atom is 0.249 e. The summed E-state index contributed by atoms with van der Waals surface area (Å²) in [5.41, 5.74) is 6.39. The molecule has 2 atom stereocenters. The number of halogens is 3. The summed E-state index contributed by atoms with van der Waals surface area (Å²) >= 11 is 0. The van der Waals surface area contributed by atoms with Crippen molar-refractivity contribution >= 4 is 17.6 Å². The highest BCUT2D eigenvalue weighted by Gasteiger charge is 2.27. The van der Waals surface area contributed by atoms with E-state index >= 15 is 0 Å². The molecule has 2 amide bonds. The molecule has 0 bridgehead atoms. The van der Waals surface area contributed by atoms with E-state index in [1.807, 2.05) is 0 Å². The molecule has 0 radical (unpaired) electrons. The quantitative estimate of drug-likeness (QED) is 0.356. The maximum absolute atomic E-state index is 14.4. The lowest BCUT2D eigenvalue weighted by Gasteiger charge is -2.20. The van der Waals surface area contributed by atoms with Crippen LogP contribution in [0.2, 0.25) is 0 Å². The van der Waals surface area contributed by atoms with Crippen molar-refractivity contribution in [3.8, 4) is 0 Å². The molecule has 34 heavy (non-hydrogen) atoms. The van der Waals surface area contributed by atoms with E-state index in [2.05, 4.69) is 15.6 Å². The van der Waals surface area contributed by atoms with E-state index in [0.29, 0.717) is 23.3 Å². The number of benzene rings is 2. The Morgan fingerprint density at radius 2 is 1.62 bits per heavy atom. The molecule has 3 rings (SSSR count). The van der Waals surface area contributed by atoms with Gasteiger partial charge in [-0.3, -0.25) is 9.59 Å². The van der Waals surface area contributed by atoms with Crippen LogP contribution in [0.4, 0.5) is 19.0 Å². The molecule has 5 N–H and O–H groups in total. The van der Waals surface area contributed by atoms with Crippen LogP contribution in [0.15, 0.2) is 60.8 Å². The number of carbonyl (C=O) groups is 2. The normalized spacial score (nSPS) is 12.6. The molecular formula is C24H23F3N4O3. The first-order valence-corrected chi connectivity index (χ1v) is 10.4. The minimum atomic E-state index is -1.43. The summed E-state index contributed by atoms with van der Waals surface area (Å²) in [4.78, 5) is 29.1. The van der Waals surface area contributed by atoms with Gasteiger partial charge >= 0.3 is 0 Å². The summed E-state index contributed by atoms with van der Waals surface area (Å²) in [5, 5.41) is 15.1. The summed E-state index contributed by atoms with van der Waals surface area (Å²) in [7, 11) is 0. The van der Waals surface area contributed by atoms with Crippen LogP contribution in [0.25, 0.3) is 0 Å². The minimum absolute atomic E-state index is 0.00150. The number of anilines is 1. The van der Waals surface area contributed by atoms with Gasteiger partial charge < -0.3 is 21.5 Å². The van der Waals surface area contributed by atoms with E-state index in [-0.39, 0.29) is 18.8 Å². The van der Waals surface area contributed by atoms with Crippen LogP contribution < -0.4 is 16.4 Å². The van der Waals surface area contributed by atoms with E-state index in [0.717, 1.165) is 0 Å². The summed E-state index contributed by atoms with van der Waals surface area (Å²) in [5.74, 6) is -6.56. The van der Waals surface area contributed by atoms with Gasteiger partial charge in [0.1, 0.15) is 17.7 Å². The Balaban J connectivity index is 1.73. The minimum Gasteiger partial charge on any atom is -0.384 e. The van der Waals surface area contributed by atoms with Gasteiger partial charge in [0.15, 0.2) is 11.6 Å². The third kappa shape index (κ3) is 6.55. The number of nitrogens with two attached hydrogens (primary N) is 1. The van der Waals surface area contributed by atoms with Crippen molar-refractivity contribution in [3.63, 3.8) is 0 Å². The van der Waals surface area contributed by atoms with Crippen LogP contribution in [-0.4, -0.2) is 34.6 Å². The molecule has 1 heterocycles. The van der Waals surface area contributed by atoms with Crippen molar-refractivity contribution in [2.75, 3.05) is 12.3 Å². The Morgan fingerprint density at radius 1 is 0.912 bits per heavy atom. The van der Waals surface area contributed by atoms with Crippen molar-refractivity contribution in [1.82, 2.24) is 15.6 Å². The Hall–Kier alpha value is -3.92. The smallest absolute Gasteiger partial charge is 0.249 e. The number of pyridine rings is 1. The second kappa shape index (κ2) is 11.3. The molecule has 2 aromatic carbocycles. The molecule has 0 fully saturated rings. The van der Waals surface area contributed by atoms with Crippen LogP contribution in [0.5, 0.6) is 0 Å². The number of hydrogen-bond acceptors (Lipinski definition) is 5. The van der Waals surface area contributed by atoms with Gasteiger partial charge in [0.25, 0.3) is 0 Å². The average Bonchev–Trinajstić information content (AvgIpc) is 2.82. The first-order valence-electron chi connectivity index (χ1n) is 10.4. The van der Waals surface area contributed by atoms with Crippen molar-refractivity contribution in [3.05, 3.63) is 94.9 Å². The fourth-order valence-corrected chi connectivity index (χ4v) is 3.25. The van der Waals surface area contributed by atoms with Gasteiger partial charge in [-0.05, 0) is 23.3 Å². The Labute approximate surface area is 193 Å². The van der Waals surface area contributed by atoms with Crippen LogP contribution in [0, 0.1) is 17.5 Å². The number of aromatic nitrogens is 1. The van der Waals surface area contributed by atoms with E-state index in [1.54, 1.807) is 36.4 Å². The van der Waals surface area contributed by atoms with Crippen molar-refractivity contribution in [2.45, 2.75) is 25.0 Å². The van der Waals surface area contributed by atoms with E-state index < -0.39 is 53.4 Å². The maximum atomic E-state index is 14.4. The summed E-state index contributed by atoms with van der Waals surface area (Å²) < 4.78 is 41.7. The average molecular weight is 472 g/mol. The summed E-state index contributed by atoms with van der Waals surface area (Å²) in [6.45, 7) is -0.461. The number of aliphatic hydroxyl groups excluding tert-OH is 1. The highest BCUT2D eigenvalue weighted by Crippen LogP contribution is 2.23. The molecule has 7 nitrogen and oxygen atoms in total. The second-order valence-corrected chi connectivity index (χ2v) is 7.60. The molecule has 0 saturated carbocycles. The Kier molecular flexibility index (Phi) is 8.20. The monoisotopic (exact) mass is 472 g/mol. The SMILES string of the molecule is Nc1ccc(CNC(=O)[C@@H](CNC(=O)[C@H](O)Cc2ccccc2)c2cc(F)c(F)cc2F)cn1. The third-order valence-electron chi connectivity index (χ3n) is 5.10. The number of rotatable bonds is 9. The number of carbonyl (C=O) groups excluding carboxylic acids is 2. The molecule has 10 heteroatoms. The van der Waals surface area contributed by atoms with Gasteiger partial charge in [-0.25, -0.2) is 18.2 Å². The van der Waals surface area contributed by atoms with Crippen molar-refractivity contribution in [1.29, 1.82) is 0 Å². The molecular weight excluding hydrogens is 449 g/mol. The molecule has 0 saturated heterocycles. The van der Waals surface area contributed by atoms with Crippen LogP contribution in [-0.2, 0) is 22.6 Å². The van der Waals surface area contributed by atoms with Crippen LogP contribution >= 0.6 is 0 Å². The number of nitrogen functional groups attached to an aromatic ring is 1. The van der Waals surface area contributed by atoms with Gasteiger partial charge in [-0.2, -0.15) is 0 Å². The first-order chi connectivity index (χ1) is 16.2. The predicted molar refractivity (Wildman–Crippen MR) is 119 cm³/mol. The molecule has 0 unspecified atom stereocenters. The van der Waals surface area contributed by atoms with Gasteiger partial charge in [0.05, 0.1) is 5.92 Å². The summed E-state index contributed by atoms with van der Waals surface area (Å²) in [6.07, 6.45) is 0.0271. The summed E-state index contributed by atoms with van der Waals surface area (Å²) in [6, 6.07) is 12.8. The zero-order chi connectivity index (χ0) is 24.7. The van der Waals surface area contributed by atoms with E-state index in [9.17, 15) is 27.9 Å². The number of aliphatic hydroxyl groups is 1. The van der Waals surface area contributed by atoms with E-state index in [1.165, 1.54) is 12.3 Å². The fraction of sp³-hybridized carbons (Fsp3) is 0.208. The predicted octanol–water partition coefficient (Wildman–Crippen LogP) is 2.20. The first kappa shape index (κ1) is 24.7. The zero-order valence-electron chi connectivity index (χ0n) is 18.0. The Morgan fingerprint density at radius 3 is 2.29 bits per heavy atom. The van der Waals surface area contributed by atoms with Crippen molar-refractivity contribution < 1.29 is 27.9 Å². The molecule has 0 aliphatic rings. The largest absolute Gasteiger partial charge is 0.384 e. The lowest BCUT2D eigenvalue weighted by Crippen LogP contribution is -2.42. The number of nitrogens with zero attached hydrogens (tertiary/aromatic N) is 1. The number of amides is 2. The molecule has 0 spiro atoms. The topological polar surface area (TPSA) is 117 Å². The van der Waals surface area contributed by atoms with Crippen molar-refractivity contribution in [2.24, 2.45) is 0 Å². The molecule has 1 aromatic heterocycles. The third-order valence-corrected chi connectivity index (χ3v) is 5.10. The highest BCUT2D eigenvalue weighted by atomic mass is 19.2. The van der Waals surface area contributed by atoms with E-state index in [4.69, 9.17) is 5.73 Å². The zero-order valence-corrected chi connectivity index (χ0v) is 18.0. The molecule has 0 aliphatic carbocycles. The van der Waals surface area contributed by atoms with Crippen LogP contribution in [0.3, 0.4) is 0 Å². The molecule has 0 aliphatic heterocycles. The van der Waals surface area contributed by atoms with Gasteiger partial charge in [-0.15, -0.1) is 0 Å². The van der Waals surface area contributed by atoms with Gasteiger partial charge in [0, 0.05) is 37.3 Å². The number of nitrogens with one attached hydrogen (secondary N) is 2. The lowest BCUT2D eigenvalue weighted by molar-refractivity contribution is -0.129. The number of hydrogen-bond donors (Lipinski definition) is 4. The highest BCUT2D eigenvalue weighted by molar-refractivity contribution is 5.86. The second-order valence-electron chi connectivity index (χ2n) is 7.60. The standard InChI is InChI=1S/C24H23F3N4O3/c25-18-10-20(27)19(26)9-16(18)17(23(33)30-12-15-6-7-22(28)29-11-15)13-31-24(34)21(32)8-14-4-2-1-3-5-14/h1-7,9-11,17,21,32H,8,12-13H2,(H2,28,29)(H,30,33)(H,31,34)/t17-,21+/m0/s1. The van der Waals surface area contributed by atoms with Gasteiger partial charge in [0.2, 0.25) is 11.8 Å².